The number of rotatable bonds is 14. The predicted molar refractivity (Wildman–Crippen MR) is 88.6 cm³/mol. The maximum atomic E-state index is 11.5. The monoisotopic (exact) mass is 360 g/mol. The lowest BCUT2D eigenvalue weighted by molar-refractivity contribution is -0.156. The van der Waals surface area contributed by atoms with Crippen molar-refractivity contribution in [2.24, 2.45) is 0 Å². The van der Waals surface area contributed by atoms with Crippen LogP contribution >= 0.6 is 0 Å². The first-order valence-corrected chi connectivity index (χ1v) is 8.34. The maximum absolute atomic E-state index is 11.5. The molecule has 0 saturated carbocycles. The molecule has 0 spiro atoms. The number of aliphatic hydroxyl groups is 1. The summed E-state index contributed by atoms with van der Waals surface area (Å²) in [4.78, 5) is 45.0. The van der Waals surface area contributed by atoms with Crippen LogP contribution < -0.4 is 10.6 Å². The summed E-state index contributed by atoms with van der Waals surface area (Å²) in [5, 5.41) is 14.2. The fourth-order valence-corrected chi connectivity index (χ4v) is 1.72. The quantitative estimate of drug-likeness (QED) is 0.276. The highest BCUT2D eigenvalue weighted by molar-refractivity contribution is 5.84. The third-order valence-electron chi connectivity index (χ3n) is 2.99. The molecule has 0 fully saturated rings. The molecule has 1 atom stereocenters. The molecule has 144 valence electrons. The van der Waals surface area contributed by atoms with E-state index in [1.54, 1.807) is 0 Å². The Morgan fingerprint density at radius 2 is 1.68 bits per heavy atom. The Labute approximate surface area is 147 Å². The highest BCUT2D eigenvalue weighted by Gasteiger charge is 2.13. The fraction of sp³-hybridized carbons (Fsp3) is 0.750. The lowest BCUT2D eigenvalue weighted by Gasteiger charge is -2.07. The highest BCUT2D eigenvalue weighted by atomic mass is 16.6. The van der Waals surface area contributed by atoms with Crippen molar-refractivity contribution in [3.8, 4) is 0 Å². The molecule has 0 saturated heterocycles. The molecule has 0 bridgehead atoms. The van der Waals surface area contributed by atoms with Gasteiger partial charge in [0.25, 0.3) is 0 Å². The van der Waals surface area contributed by atoms with Gasteiger partial charge in [0.1, 0.15) is 19.3 Å². The van der Waals surface area contributed by atoms with Crippen molar-refractivity contribution >= 4 is 23.6 Å². The lowest BCUT2D eigenvalue weighted by Crippen LogP contribution is -2.30. The van der Waals surface area contributed by atoms with Gasteiger partial charge in [-0.05, 0) is 26.7 Å². The SMILES string of the molecule is CCNC(=O)CCCCCNC(=O)COCC(=O)COC(=O)C(C)O. The van der Waals surface area contributed by atoms with Gasteiger partial charge in [-0.1, -0.05) is 6.42 Å². The summed E-state index contributed by atoms with van der Waals surface area (Å²) < 4.78 is 9.43. The molecule has 1 unspecified atom stereocenters. The molecule has 0 aromatic rings. The molecule has 0 radical (unpaired) electrons. The Kier molecular flexibility index (Phi) is 13.2. The van der Waals surface area contributed by atoms with Gasteiger partial charge in [0, 0.05) is 19.5 Å². The third kappa shape index (κ3) is 14.1. The first-order chi connectivity index (χ1) is 11.9. The molecule has 9 nitrogen and oxygen atoms in total. The van der Waals surface area contributed by atoms with E-state index in [1.165, 1.54) is 6.92 Å². The number of unbranched alkanes of at least 4 members (excludes halogenated alkanes) is 2. The Bertz CT molecular complexity index is 438. The van der Waals surface area contributed by atoms with Crippen LogP contribution in [0.25, 0.3) is 0 Å². The minimum absolute atomic E-state index is 0.0312. The van der Waals surface area contributed by atoms with Gasteiger partial charge in [0.05, 0.1) is 0 Å². The van der Waals surface area contributed by atoms with Crippen molar-refractivity contribution < 1.29 is 33.8 Å². The number of ether oxygens (including phenoxy) is 2. The third-order valence-corrected chi connectivity index (χ3v) is 2.99. The molecule has 0 heterocycles. The second-order valence-corrected chi connectivity index (χ2v) is 5.43. The molecule has 0 aliphatic rings. The standard InChI is InChI=1S/C16H28N2O7/c1-3-17-14(21)7-5-4-6-8-18-15(22)11-24-9-13(20)10-25-16(23)12(2)19/h12,19H,3-11H2,1-2H3,(H,17,21)(H,18,22). The molecule has 0 rings (SSSR count). The molecular weight excluding hydrogens is 332 g/mol. The van der Waals surface area contributed by atoms with Crippen LogP contribution in [0.5, 0.6) is 0 Å². The molecule has 2 amide bonds. The highest BCUT2D eigenvalue weighted by Crippen LogP contribution is 1.98. The maximum Gasteiger partial charge on any atom is 0.335 e. The fourth-order valence-electron chi connectivity index (χ4n) is 1.72. The van der Waals surface area contributed by atoms with Crippen LogP contribution in [-0.4, -0.2) is 67.7 Å². The van der Waals surface area contributed by atoms with E-state index in [1.807, 2.05) is 6.92 Å². The van der Waals surface area contributed by atoms with Crippen LogP contribution in [-0.2, 0) is 28.7 Å². The lowest BCUT2D eigenvalue weighted by atomic mass is 10.2. The average molecular weight is 360 g/mol. The topological polar surface area (TPSA) is 131 Å². The Hall–Kier alpha value is -2.00. The van der Waals surface area contributed by atoms with Crippen LogP contribution in [0.2, 0.25) is 0 Å². The van der Waals surface area contributed by atoms with Gasteiger partial charge in [0.15, 0.2) is 12.4 Å². The van der Waals surface area contributed by atoms with Crippen molar-refractivity contribution in [2.75, 3.05) is 32.9 Å². The summed E-state index contributed by atoms with van der Waals surface area (Å²) in [6.07, 6.45) is 1.52. The first-order valence-electron chi connectivity index (χ1n) is 8.34. The molecule has 0 aliphatic heterocycles. The van der Waals surface area contributed by atoms with E-state index in [0.29, 0.717) is 19.5 Å². The molecular formula is C16H28N2O7. The zero-order valence-electron chi connectivity index (χ0n) is 14.8. The van der Waals surface area contributed by atoms with Crippen LogP contribution in [0.4, 0.5) is 0 Å². The van der Waals surface area contributed by atoms with Crippen LogP contribution in [0.3, 0.4) is 0 Å². The molecule has 25 heavy (non-hydrogen) atoms. The van der Waals surface area contributed by atoms with Crippen molar-refractivity contribution in [1.82, 2.24) is 10.6 Å². The largest absolute Gasteiger partial charge is 0.456 e. The number of aliphatic hydroxyl groups excluding tert-OH is 1. The Morgan fingerprint density at radius 3 is 2.32 bits per heavy atom. The number of Topliss-reactive ketones (excluding diaryl/α,β-unsaturated/α-hetero) is 1. The predicted octanol–water partition coefficient (Wildman–Crippen LogP) is -0.691. The van der Waals surface area contributed by atoms with Crippen molar-refractivity contribution in [3.63, 3.8) is 0 Å². The second-order valence-electron chi connectivity index (χ2n) is 5.43. The number of ketones is 1. The smallest absolute Gasteiger partial charge is 0.335 e. The van der Waals surface area contributed by atoms with Gasteiger partial charge in [-0.25, -0.2) is 4.79 Å². The molecule has 0 aliphatic carbocycles. The van der Waals surface area contributed by atoms with Crippen LogP contribution in [0, 0.1) is 0 Å². The summed E-state index contributed by atoms with van der Waals surface area (Å²) in [6.45, 7) is 3.07. The molecule has 0 aromatic heterocycles. The van der Waals surface area contributed by atoms with Crippen molar-refractivity contribution in [3.05, 3.63) is 0 Å². The summed E-state index contributed by atoms with van der Waals surface area (Å²) >= 11 is 0. The number of esters is 1. The number of hydrogen-bond acceptors (Lipinski definition) is 7. The van der Waals surface area contributed by atoms with Crippen molar-refractivity contribution in [1.29, 1.82) is 0 Å². The summed E-state index contributed by atoms with van der Waals surface area (Å²) in [6, 6.07) is 0. The van der Waals surface area contributed by atoms with Gasteiger partial charge in [-0.2, -0.15) is 0 Å². The number of carbonyl (C=O) groups is 4. The first kappa shape index (κ1) is 23.0. The minimum Gasteiger partial charge on any atom is -0.456 e. The van der Waals surface area contributed by atoms with Gasteiger partial charge in [-0.3, -0.25) is 14.4 Å². The minimum atomic E-state index is -1.29. The average Bonchev–Trinajstić information content (AvgIpc) is 2.55. The van der Waals surface area contributed by atoms with Gasteiger partial charge in [-0.15, -0.1) is 0 Å². The summed E-state index contributed by atoms with van der Waals surface area (Å²) in [5.41, 5.74) is 0. The molecule has 0 aromatic carbocycles. The van der Waals surface area contributed by atoms with Crippen LogP contribution in [0.15, 0.2) is 0 Å². The molecule has 9 heteroatoms. The number of hydrogen-bond donors (Lipinski definition) is 3. The number of amides is 2. The number of carbonyl (C=O) groups excluding carboxylic acids is 4. The van der Waals surface area contributed by atoms with E-state index in [2.05, 4.69) is 15.4 Å². The van der Waals surface area contributed by atoms with Gasteiger partial charge < -0.3 is 25.2 Å². The van der Waals surface area contributed by atoms with E-state index in [9.17, 15) is 19.2 Å². The van der Waals surface area contributed by atoms with E-state index >= 15 is 0 Å². The summed E-state index contributed by atoms with van der Waals surface area (Å²) in [5.74, 6) is -1.72. The normalized spacial score (nSPS) is 11.5. The zero-order valence-corrected chi connectivity index (χ0v) is 14.8. The van der Waals surface area contributed by atoms with Gasteiger partial charge >= 0.3 is 5.97 Å². The Morgan fingerprint density at radius 1 is 0.960 bits per heavy atom. The van der Waals surface area contributed by atoms with Crippen LogP contribution in [0.1, 0.15) is 39.5 Å². The second kappa shape index (κ2) is 14.4. The van der Waals surface area contributed by atoms with Gasteiger partial charge in [0.2, 0.25) is 11.8 Å². The van der Waals surface area contributed by atoms with E-state index in [-0.39, 0.29) is 25.0 Å². The summed E-state index contributed by atoms with van der Waals surface area (Å²) in [7, 11) is 0. The Balaban J connectivity index is 3.54. The van der Waals surface area contributed by atoms with Crippen molar-refractivity contribution in [2.45, 2.75) is 45.6 Å². The van der Waals surface area contributed by atoms with E-state index in [4.69, 9.17) is 9.84 Å². The number of nitrogens with one attached hydrogen (secondary N) is 2. The van der Waals surface area contributed by atoms with E-state index in [0.717, 1.165) is 19.3 Å². The zero-order chi connectivity index (χ0) is 19.1. The molecule has 3 N–H and O–H groups in total. The van der Waals surface area contributed by atoms with E-state index < -0.39 is 24.5 Å².